The maximum Gasteiger partial charge on any atom is 0.416 e. The molecule has 0 aliphatic carbocycles. The zero-order valence-corrected chi connectivity index (χ0v) is 10.9. The van der Waals surface area contributed by atoms with Crippen molar-refractivity contribution in [3.05, 3.63) is 29.3 Å². The molecule has 5 nitrogen and oxygen atoms in total. The van der Waals surface area contributed by atoms with E-state index in [2.05, 4.69) is 11.2 Å². The third-order valence-electron chi connectivity index (χ3n) is 2.49. The molecule has 0 unspecified atom stereocenters. The van der Waals surface area contributed by atoms with E-state index in [1.54, 1.807) is 0 Å². The lowest BCUT2D eigenvalue weighted by Crippen LogP contribution is -2.32. The highest BCUT2D eigenvalue weighted by Crippen LogP contribution is 2.31. The van der Waals surface area contributed by atoms with E-state index >= 15 is 0 Å². The van der Waals surface area contributed by atoms with Crippen LogP contribution in [-0.2, 0) is 6.18 Å². The van der Waals surface area contributed by atoms with Crippen molar-refractivity contribution in [2.24, 2.45) is 0 Å². The SMILES string of the molecule is C#CCN(C)C(=O)Nc1ccc(C(F)(F)F)cc1C(=O)O. The van der Waals surface area contributed by atoms with E-state index in [0.717, 1.165) is 11.0 Å². The number of amides is 2. The Bertz CT molecular complexity index is 606. The lowest BCUT2D eigenvalue weighted by Gasteiger charge is -2.17. The first-order valence-corrected chi connectivity index (χ1v) is 5.57. The van der Waals surface area contributed by atoms with E-state index in [1.807, 2.05) is 0 Å². The standard InChI is InChI=1S/C13H11F3N2O3/c1-3-6-18(2)12(21)17-10-5-4-8(13(14,15)16)7-9(10)11(19)20/h1,4-5,7H,6H2,2H3,(H,17,21)(H,19,20). The fraction of sp³-hybridized carbons (Fsp3) is 0.231. The predicted octanol–water partition coefficient (Wildman–Crippen LogP) is 2.50. The molecule has 1 aromatic carbocycles. The first-order valence-electron chi connectivity index (χ1n) is 5.57. The van der Waals surface area contributed by atoms with Crippen LogP contribution >= 0.6 is 0 Å². The molecule has 0 aliphatic heterocycles. The quantitative estimate of drug-likeness (QED) is 0.843. The molecule has 0 heterocycles. The number of carbonyl (C=O) groups excluding carboxylic acids is 1. The normalized spacial score (nSPS) is 10.6. The van der Waals surface area contributed by atoms with E-state index in [-0.39, 0.29) is 12.2 Å². The topological polar surface area (TPSA) is 69.6 Å². The molecule has 1 rings (SSSR count). The van der Waals surface area contributed by atoms with Gasteiger partial charge in [0.25, 0.3) is 0 Å². The smallest absolute Gasteiger partial charge is 0.416 e. The number of carboxylic acids is 1. The van der Waals surface area contributed by atoms with Gasteiger partial charge in [-0.25, -0.2) is 9.59 Å². The number of rotatable bonds is 3. The molecule has 0 saturated carbocycles. The molecular formula is C13H11F3N2O3. The maximum atomic E-state index is 12.5. The number of aromatic carboxylic acids is 1. The number of alkyl halides is 3. The second-order valence-corrected chi connectivity index (χ2v) is 4.05. The molecule has 0 radical (unpaired) electrons. The largest absolute Gasteiger partial charge is 0.478 e. The molecule has 0 aliphatic rings. The summed E-state index contributed by atoms with van der Waals surface area (Å²) < 4.78 is 37.6. The van der Waals surface area contributed by atoms with Gasteiger partial charge in [0.1, 0.15) is 0 Å². The molecule has 0 spiro atoms. The molecule has 2 amide bonds. The number of nitrogens with one attached hydrogen (secondary N) is 1. The van der Waals surface area contributed by atoms with Gasteiger partial charge in [0.2, 0.25) is 0 Å². The number of hydrogen-bond acceptors (Lipinski definition) is 2. The second kappa shape index (κ2) is 6.17. The molecule has 21 heavy (non-hydrogen) atoms. The summed E-state index contributed by atoms with van der Waals surface area (Å²) in [6.07, 6.45) is 0.342. The molecule has 0 aromatic heterocycles. The van der Waals surface area contributed by atoms with Crippen LogP contribution in [0.3, 0.4) is 0 Å². The molecule has 0 atom stereocenters. The second-order valence-electron chi connectivity index (χ2n) is 4.05. The van der Waals surface area contributed by atoms with E-state index in [9.17, 15) is 22.8 Å². The zero-order chi connectivity index (χ0) is 16.2. The number of terminal acetylenes is 1. The summed E-state index contributed by atoms with van der Waals surface area (Å²) in [4.78, 5) is 23.7. The van der Waals surface area contributed by atoms with E-state index < -0.39 is 29.3 Å². The highest BCUT2D eigenvalue weighted by atomic mass is 19.4. The fourth-order valence-corrected chi connectivity index (χ4v) is 1.43. The lowest BCUT2D eigenvalue weighted by atomic mass is 10.1. The minimum absolute atomic E-state index is 0.0329. The van der Waals surface area contributed by atoms with Gasteiger partial charge in [-0.2, -0.15) is 13.2 Å². The van der Waals surface area contributed by atoms with Crippen LogP contribution in [0.1, 0.15) is 15.9 Å². The van der Waals surface area contributed by atoms with Crippen LogP contribution in [0.15, 0.2) is 18.2 Å². The van der Waals surface area contributed by atoms with Crippen LogP contribution in [-0.4, -0.2) is 35.6 Å². The molecule has 112 valence electrons. The summed E-state index contributed by atoms with van der Waals surface area (Å²) in [6, 6.07) is 1.30. The van der Waals surface area contributed by atoms with Crippen LogP contribution in [0.25, 0.3) is 0 Å². The number of hydrogen-bond donors (Lipinski definition) is 2. The van der Waals surface area contributed by atoms with Gasteiger partial charge >= 0.3 is 18.2 Å². The van der Waals surface area contributed by atoms with Gasteiger partial charge in [-0.15, -0.1) is 6.42 Å². The average molecular weight is 300 g/mol. The van der Waals surface area contributed by atoms with Crippen molar-refractivity contribution in [1.29, 1.82) is 0 Å². The Morgan fingerprint density at radius 3 is 2.52 bits per heavy atom. The minimum Gasteiger partial charge on any atom is -0.478 e. The summed E-state index contributed by atoms with van der Waals surface area (Å²) in [5, 5.41) is 11.1. The Kier molecular flexibility index (Phi) is 4.81. The molecule has 0 fully saturated rings. The Hall–Kier alpha value is -2.69. The number of carboxylic acid groups (broad SMARTS) is 1. The van der Waals surface area contributed by atoms with E-state index in [1.165, 1.54) is 7.05 Å². The van der Waals surface area contributed by atoms with Gasteiger partial charge in [-0.05, 0) is 18.2 Å². The van der Waals surface area contributed by atoms with Crippen molar-refractivity contribution in [2.45, 2.75) is 6.18 Å². The van der Waals surface area contributed by atoms with Gasteiger partial charge < -0.3 is 15.3 Å². The van der Waals surface area contributed by atoms with Crippen molar-refractivity contribution >= 4 is 17.7 Å². The monoisotopic (exact) mass is 300 g/mol. The third kappa shape index (κ3) is 4.14. The Morgan fingerprint density at radius 1 is 1.43 bits per heavy atom. The van der Waals surface area contributed by atoms with Crippen LogP contribution in [0.5, 0.6) is 0 Å². The van der Waals surface area contributed by atoms with Gasteiger partial charge in [-0.1, -0.05) is 5.92 Å². The van der Waals surface area contributed by atoms with Crippen LogP contribution in [0.2, 0.25) is 0 Å². The highest BCUT2D eigenvalue weighted by molar-refractivity contribution is 6.00. The number of urea groups is 1. The summed E-state index contributed by atoms with van der Waals surface area (Å²) in [5.41, 5.74) is -2.02. The van der Waals surface area contributed by atoms with Gasteiger partial charge in [0, 0.05) is 7.05 Å². The van der Waals surface area contributed by atoms with Crippen molar-refractivity contribution in [2.75, 3.05) is 18.9 Å². The van der Waals surface area contributed by atoms with Gasteiger partial charge in [0.15, 0.2) is 0 Å². The highest BCUT2D eigenvalue weighted by Gasteiger charge is 2.32. The molecule has 8 heteroatoms. The minimum atomic E-state index is -4.67. The van der Waals surface area contributed by atoms with E-state index in [0.29, 0.717) is 12.1 Å². The number of nitrogens with zero attached hydrogens (tertiary/aromatic N) is 1. The Morgan fingerprint density at radius 2 is 2.05 bits per heavy atom. The van der Waals surface area contributed by atoms with Crippen LogP contribution < -0.4 is 5.32 Å². The molecular weight excluding hydrogens is 289 g/mol. The maximum absolute atomic E-state index is 12.5. The predicted molar refractivity (Wildman–Crippen MR) is 68.9 cm³/mol. The fourth-order valence-electron chi connectivity index (χ4n) is 1.43. The summed E-state index contributed by atoms with van der Waals surface area (Å²) in [7, 11) is 1.36. The van der Waals surface area contributed by atoms with Crippen molar-refractivity contribution in [3.63, 3.8) is 0 Å². The van der Waals surface area contributed by atoms with Crippen LogP contribution in [0, 0.1) is 12.3 Å². The molecule has 1 aromatic rings. The molecule has 0 bridgehead atoms. The van der Waals surface area contributed by atoms with Crippen molar-refractivity contribution < 1.29 is 27.9 Å². The lowest BCUT2D eigenvalue weighted by molar-refractivity contribution is -0.137. The molecule has 0 saturated heterocycles. The molecule has 2 N–H and O–H groups in total. The number of benzene rings is 1. The first kappa shape index (κ1) is 16.4. The van der Waals surface area contributed by atoms with E-state index in [4.69, 9.17) is 11.5 Å². The average Bonchev–Trinajstić information content (AvgIpc) is 2.37. The summed E-state index contributed by atoms with van der Waals surface area (Å²) in [6.45, 7) is -0.0329. The number of halogens is 3. The Labute approximate surface area is 118 Å². The van der Waals surface area contributed by atoms with Gasteiger partial charge in [0.05, 0.1) is 23.4 Å². The number of anilines is 1. The first-order chi connectivity index (χ1) is 9.66. The summed E-state index contributed by atoms with van der Waals surface area (Å²) in [5.74, 6) is 0.614. The Balaban J connectivity index is 3.11. The van der Waals surface area contributed by atoms with Crippen molar-refractivity contribution in [3.8, 4) is 12.3 Å². The third-order valence-corrected chi connectivity index (χ3v) is 2.49. The van der Waals surface area contributed by atoms with Crippen LogP contribution in [0.4, 0.5) is 23.7 Å². The zero-order valence-electron chi connectivity index (χ0n) is 10.9. The van der Waals surface area contributed by atoms with Gasteiger partial charge in [-0.3, -0.25) is 0 Å². The summed E-state index contributed by atoms with van der Waals surface area (Å²) >= 11 is 0. The number of carbonyl (C=O) groups is 2. The van der Waals surface area contributed by atoms with Crippen molar-refractivity contribution in [1.82, 2.24) is 4.90 Å².